The van der Waals surface area contributed by atoms with Gasteiger partial charge >= 0.3 is 23.1 Å². The van der Waals surface area contributed by atoms with Crippen LogP contribution in [0.25, 0.3) is 0 Å². The summed E-state index contributed by atoms with van der Waals surface area (Å²) >= 11 is 0. The van der Waals surface area contributed by atoms with E-state index >= 15 is 0 Å². The minimum atomic E-state index is -1.23. The van der Waals surface area contributed by atoms with E-state index in [-0.39, 0.29) is 34.2 Å². The van der Waals surface area contributed by atoms with Gasteiger partial charge in [0.1, 0.15) is 0 Å². The standard InChI is InChI=1S/2C13H18O5.Mg/c2*1-2-3-4-5-10-16-18-17-12-8-6-11(7-9-12)13(14)15;/h2*6-9H,2-5,10H2,1H3,(H,14,15);/q;;+2/p-2. The third kappa shape index (κ3) is 17.6. The molecular weight excluding hydrogens is 497 g/mol. The number of unbranched alkanes of at least 4 members (excludes halogenated alkanes) is 6. The summed E-state index contributed by atoms with van der Waals surface area (Å²) in [5.41, 5.74) is 0.172. The van der Waals surface area contributed by atoms with E-state index in [9.17, 15) is 19.8 Å². The van der Waals surface area contributed by atoms with Gasteiger partial charge in [0.25, 0.3) is 0 Å². The van der Waals surface area contributed by atoms with Crippen molar-refractivity contribution in [2.75, 3.05) is 13.2 Å². The first-order valence-corrected chi connectivity index (χ1v) is 12.0. The van der Waals surface area contributed by atoms with Crippen LogP contribution in [0.2, 0.25) is 0 Å². The molecule has 0 unspecified atom stereocenters. The molecule has 0 amide bonds. The number of rotatable bonds is 18. The van der Waals surface area contributed by atoms with E-state index in [2.05, 4.69) is 23.9 Å². The molecule has 0 saturated carbocycles. The zero-order valence-electron chi connectivity index (χ0n) is 21.5. The molecule has 0 heterocycles. The third-order valence-electron chi connectivity index (χ3n) is 4.70. The van der Waals surface area contributed by atoms with Gasteiger partial charge in [-0.05, 0) is 82.6 Å². The average Bonchev–Trinajstić information content (AvgIpc) is 2.88. The van der Waals surface area contributed by atoms with Gasteiger partial charge in [-0.3, -0.25) is 0 Å². The Hall–Kier alpha value is -2.41. The zero-order chi connectivity index (χ0) is 26.4. The summed E-state index contributed by atoms with van der Waals surface area (Å²) in [6, 6.07) is 11.3. The van der Waals surface area contributed by atoms with Crippen LogP contribution < -0.4 is 20.0 Å². The molecule has 0 aliphatic rings. The monoisotopic (exact) mass is 530 g/mol. The second-order valence-corrected chi connectivity index (χ2v) is 7.69. The predicted molar refractivity (Wildman–Crippen MR) is 131 cm³/mol. The van der Waals surface area contributed by atoms with E-state index in [0.29, 0.717) is 24.7 Å². The molecule has 0 N–H and O–H groups in total. The van der Waals surface area contributed by atoms with Crippen molar-refractivity contribution < 1.29 is 49.4 Å². The van der Waals surface area contributed by atoms with Crippen LogP contribution in [0.15, 0.2) is 48.5 Å². The summed E-state index contributed by atoms with van der Waals surface area (Å²) in [5.74, 6) is -1.72. The summed E-state index contributed by atoms with van der Waals surface area (Å²) < 4.78 is 0. The third-order valence-corrected chi connectivity index (χ3v) is 4.70. The van der Waals surface area contributed by atoms with Gasteiger partial charge in [0, 0.05) is 0 Å². The number of carboxylic acid groups (broad SMARTS) is 2. The zero-order valence-corrected chi connectivity index (χ0v) is 22.9. The summed E-state index contributed by atoms with van der Waals surface area (Å²) in [4.78, 5) is 40.2. The summed E-state index contributed by atoms with van der Waals surface area (Å²) in [7, 11) is 0. The molecule has 0 bridgehead atoms. The molecule has 0 aliphatic carbocycles. The molecule has 0 atom stereocenters. The van der Waals surface area contributed by atoms with Crippen LogP contribution in [0.3, 0.4) is 0 Å². The fourth-order valence-electron chi connectivity index (χ4n) is 2.66. The van der Waals surface area contributed by atoms with Crippen molar-refractivity contribution in [3.8, 4) is 11.5 Å². The molecule has 0 spiro atoms. The van der Waals surface area contributed by atoms with Gasteiger partial charge in [-0.1, -0.05) is 52.4 Å². The summed E-state index contributed by atoms with van der Waals surface area (Å²) in [6.45, 7) is 5.21. The van der Waals surface area contributed by atoms with E-state index in [0.717, 1.165) is 25.7 Å². The molecule has 0 radical (unpaired) electrons. The second-order valence-electron chi connectivity index (χ2n) is 7.69. The predicted octanol–water partition coefficient (Wildman–Crippen LogP) is 3.36. The van der Waals surface area contributed by atoms with Crippen LogP contribution >= 0.6 is 0 Å². The van der Waals surface area contributed by atoms with Crippen LogP contribution in [0.1, 0.15) is 85.9 Å². The van der Waals surface area contributed by atoms with Gasteiger partial charge in [-0.25, -0.2) is 0 Å². The molecule has 0 aliphatic heterocycles. The minimum absolute atomic E-state index is 0. The van der Waals surface area contributed by atoms with Crippen LogP contribution in [-0.4, -0.2) is 48.2 Å². The summed E-state index contributed by atoms with van der Waals surface area (Å²) in [6.07, 6.45) is 8.72. The molecule has 10 nitrogen and oxygen atoms in total. The van der Waals surface area contributed by atoms with E-state index in [1.54, 1.807) is 0 Å². The summed E-state index contributed by atoms with van der Waals surface area (Å²) in [5, 5.41) is 30.1. The fourth-order valence-corrected chi connectivity index (χ4v) is 2.66. The Morgan fingerprint density at radius 1 is 0.595 bits per heavy atom. The second kappa shape index (κ2) is 22.8. The van der Waals surface area contributed by atoms with Crippen molar-refractivity contribution in [1.82, 2.24) is 0 Å². The van der Waals surface area contributed by atoms with Crippen molar-refractivity contribution in [1.29, 1.82) is 0 Å². The van der Waals surface area contributed by atoms with E-state index < -0.39 is 11.9 Å². The SMILES string of the molecule is CCCCCCOOOc1ccc(C(=O)[O-])cc1.CCCCCCOOOc1ccc(C(=O)[O-])cc1.[Mg+2]. The van der Waals surface area contributed by atoms with Crippen molar-refractivity contribution >= 4 is 35.0 Å². The van der Waals surface area contributed by atoms with Gasteiger partial charge in [0.15, 0.2) is 11.5 Å². The van der Waals surface area contributed by atoms with Crippen LogP contribution in [0.4, 0.5) is 0 Å². The molecule has 37 heavy (non-hydrogen) atoms. The van der Waals surface area contributed by atoms with Gasteiger partial charge in [-0.15, -0.1) is 0 Å². The van der Waals surface area contributed by atoms with E-state index in [1.807, 2.05) is 0 Å². The Balaban J connectivity index is 0.000000682. The Labute approximate surface area is 233 Å². The maximum atomic E-state index is 10.5. The van der Waals surface area contributed by atoms with Gasteiger partial charge < -0.3 is 29.6 Å². The maximum Gasteiger partial charge on any atom is 2.00 e. The number of carbonyl (C=O) groups excluding carboxylic acids is 2. The minimum Gasteiger partial charge on any atom is -0.545 e. The van der Waals surface area contributed by atoms with Crippen LogP contribution in [-0.2, 0) is 19.9 Å². The Kier molecular flexibility index (Phi) is 21.3. The number of aromatic carboxylic acids is 2. The number of carboxylic acids is 2. The van der Waals surface area contributed by atoms with Crippen LogP contribution in [0.5, 0.6) is 11.5 Å². The molecular formula is C26H34MgO10. The molecule has 2 aromatic rings. The molecule has 11 heteroatoms. The quantitative estimate of drug-likeness (QED) is 0.122. The van der Waals surface area contributed by atoms with E-state index in [4.69, 9.17) is 19.6 Å². The number of carbonyl (C=O) groups is 2. The fraction of sp³-hybridized carbons (Fsp3) is 0.462. The largest absolute Gasteiger partial charge is 2.00 e. The first-order valence-electron chi connectivity index (χ1n) is 12.0. The van der Waals surface area contributed by atoms with Crippen molar-refractivity contribution in [3.63, 3.8) is 0 Å². The molecule has 0 aromatic heterocycles. The molecule has 0 fully saturated rings. The van der Waals surface area contributed by atoms with Gasteiger partial charge in [0.05, 0.1) is 25.2 Å². The molecule has 200 valence electrons. The first-order chi connectivity index (χ1) is 17.5. The Bertz CT molecular complexity index is 772. The van der Waals surface area contributed by atoms with Crippen molar-refractivity contribution in [2.45, 2.75) is 65.2 Å². The maximum absolute atomic E-state index is 10.5. The molecule has 0 saturated heterocycles. The smallest absolute Gasteiger partial charge is 0.545 e. The Morgan fingerprint density at radius 3 is 1.24 bits per heavy atom. The van der Waals surface area contributed by atoms with Crippen molar-refractivity contribution in [3.05, 3.63) is 59.7 Å². The number of hydrogen-bond donors (Lipinski definition) is 0. The Morgan fingerprint density at radius 2 is 0.946 bits per heavy atom. The molecule has 2 rings (SSSR count). The molecule has 2 aromatic carbocycles. The number of benzene rings is 2. The van der Waals surface area contributed by atoms with Crippen LogP contribution in [0, 0.1) is 0 Å². The topological polar surface area (TPSA) is 136 Å². The van der Waals surface area contributed by atoms with Gasteiger partial charge in [0.2, 0.25) is 0 Å². The average molecular weight is 531 g/mol. The first kappa shape index (κ1) is 34.6. The number of hydrogen-bond acceptors (Lipinski definition) is 10. The van der Waals surface area contributed by atoms with E-state index in [1.165, 1.54) is 74.2 Å². The normalized spacial score (nSPS) is 10.0. The van der Waals surface area contributed by atoms with Gasteiger partial charge in [-0.2, -0.15) is 9.78 Å². The van der Waals surface area contributed by atoms with Crippen molar-refractivity contribution in [2.24, 2.45) is 0 Å².